The lowest BCUT2D eigenvalue weighted by molar-refractivity contribution is 0.230. The van der Waals surface area contributed by atoms with Crippen molar-refractivity contribution in [2.24, 2.45) is 0 Å². The Labute approximate surface area is 414 Å². The molecule has 0 spiro atoms. The van der Waals surface area contributed by atoms with Crippen molar-refractivity contribution in [2.75, 3.05) is 73.5 Å². The first kappa shape index (κ1) is 54.9. The summed E-state index contributed by atoms with van der Waals surface area (Å²) in [7, 11) is -10.9. The first-order valence-corrected chi connectivity index (χ1v) is 37.3. The maximum Gasteiger partial charge on any atom is 0.325 e. The van der Waals surface area contributed by atoms with Gasteiger partial charge in [0.25, 0.3) is 0 Å². The third-order valence-corrected chi connectivity index (χ3v) is 34.0. The topological polar surface area (TPSA) is 116 Å². The number of para-hydroxylation sites is 5. The highest BCUT2D eigenvalue weighted by Gasteiger charge is 2.52. The summed E-state index contributed by atoms with van der Waals surface area (Å²) in [6.07, 6.45) is 4.45. The van der Waals surface area contributed by atoms with E-state index in [9.17, 15) is 0 Å². The third-order valence-electron chi connectivity index (χ3n) is 12.1. The minimum atomic E-state index is -3.09. The molecule has 0 aliphatic rings. The fraction of sp³-hybridized carbons (Fsp3) is 0.423. The van der Waals surface area contributed by atoms with Crippen molar-refractivity contribution in [3.05, 3.63) is 152 Å². The van der Waals surface area contributed by atoms with Gasteiger partial charge in [0.05, 0.1) is 0 Å². The van der Waals surface area contributed by atoms with Gasteiger partial charge in [-0.25, -0.2) is 0 Å². The molecule has 0 radical (unpaired) electrons. The predicted octanol–water partition coefficient (Wildman–Crippen LogP) is 13.2. The summed E-state index contributed by atoms with van der Waals surface area (Å²) >= 11 is 0. The van der Waals surface area contributed by atoms with E-state index < -0.39 is 42.8 Å². The van der Waals surface area contributed by atoms with E-state index in [1.54, 1.807) is 0 Å². The van der Waals surface area contributed by atoms with E-state index in [1.807, 2.05) is 44.6 Å². The normalized spacial score (nSPS) is 15.9. The molecular formula is C52H81N5O6Si5. The van der Waals surface area contributed by atoms with Crippen LogP contribution in [0.25, 0.3) is 0 Å². The summed E-state index contributed by atoms with van der Waals surface area (Å²) in [5, 5.41) is 18.1. The Bertz CT molecular complexity index is 1980. The van der Waals surface area contributed by atoms with Crippen LogP contribution < -0.4 is 26.6 Å². The van der Waals surface area contributed by atoms with Crippen LogP contribution in [0.15, 0.2) is 152 Å². The monoisotopic (exact) mass is 1010 g/mol. The SMILES string of the molecule is CO[Si](C)(CCCNc1ccccc1)O[Si](C)(CCCNc1ccccc1)O[Si](C)(CCCNc1ccccc1)O[Si](C)(CCCNc1ccccc1)O[Si](C)(CCCNc1ccccc1)OC. The Hall–Kier alpha value is -4.06. The quantitative estimate of drug-likeness (QED) is 0.0197. The molecule has 0 aromatic heterocycles. The van der Waals surface area contributed by atoms with Gasteiger partial charge in [-0.3, -0.25) is 0 Å². The number of nitrogens with one attached hydrogen (secondary N) is 5. The standard InChI is InChI=1S/C52H81N5O6Si5/c1-58-64(3,43-23-38-53-48-28-13-8-14-29-48)60-66(5,45-25-40-55-50-32-17-10-18-33-50)62-68(7,47-27-42-57-52-36-21-12-22-37-52)63-67(6,46-26-41-56-51-34-19-11-20-35-51)61-65(4,59-2)44-24-39-54-49-30-15-9-16-31-49/h8-22,28-37,53-57H,23-27,38-47H2,1-7H3. The minimum absolute atomic E-state index is 0.772. The van der Waals surface area contributed by atoms with Crippen LogP contribution in [-0.2, 0) is 25.3 Å². The molecule has 5 aromatic carbocycles. The van der Waals surface area contributed by atoms with E-state index in [1.165, 1.54) is 0 Å². The second-order valence-electron chi connectivity index (χ2n) is 18.5. The lowest BCUT2D eigenvalue weighted by Crippen LogP contribution is -2.62. The summed E-state index contributed by atoms with van der Waals surface area (Å²) in [4.78, 5) is 0. The minimum Gasteiger partial charge on any atom is -0.416 e. The van der Waals surface area contributed by atoms with Crippen LogP contribution in [0, 0.1) is 0 Å². The van der Waals surface area contributed by atoms with Gasteiger partial charge in [0.1, 0.15) is 0 Å². The summed E-state index contributed by atoms with van der Waals surface area (Å²) in [5.41, 5.74) is 5.55. The fourth-order valence-corrected chi connectivity index (χ4v) is 33.3. The first-order chi connectivity index (χ1) is 32.8. The van der Waals surface area contributed by atoms with Gasteiger partial charge in [-0.05, 0) is 156 Å². The van der Waals surface area contributed by atoms with Crippen molar-refractivity contribution in [3.8, 4) is 0 Å². The molecule has 5 rings (SSSR count). The molecule has 0 aliphatic carbocycles. The predicted molar refractivity (Wildman–Crippen MR) is 298 cm³/mol. The highest BCUT2D eigenvalue weighted by Crippen LogP contribution is 2.36. The summed E-state index contributed by atoms with van der Waals surface area (Å²) in [6, 6.07) is 56.0. The van der Waals surface area contributed by atoms with Crippen molar-refractivity contribution in [3.63, 3.8) is 0 Å². The summed E-state index contributed by atoms with van der Waals surface area (Å²) in [5.74, 6) is 0. The average Bonchev–Trinajstić information content (AvgIpc) is 3.35. The van der Waals surface area contributed by atoms with E-state index in [0.29, 0.717) is 0 Å². The van der Waals surface area contributed by atoms with Gasteiger partial charge < -0.3 is 51.9 Å². The lowest BCUT2D eigenvalue weighted by Gasteiger charge is -2.46. The van der Waals surface area contributed by atoms with E-state index in [2.05, 4.69) is 181 Å². The highest BCUT2D eigenvalue weighted by atomic mass is 28.5. The van der Waals surface area contributed by atoms with Gasteiger partial charge >= 0.3 is 42.8 Å². The largest absolute Gasteiger partial charge is 0.416 e. The summed E-state index contributed by atoms with van der Waals surface area (Å²) < 4.78 is 43.4. The molecule has 0 bridgehead atoms. The van der Waals surface area contributed by atoms with Gasteiger partial charge in [0, 0.05) is 75.4 Å². The number of anilines is 5. The van der Waals surface area contributed by atoms with E-state index >= 15 is 0 Å². The van der Waals surface area contributed by atoms with Gasteiger partial charge in [-0.2, -0.15) is 0 Å². The molecule has 4 atom stereocenters. The smallest absolute Gasteiger partial charge is 0.325 e. The molecule has 4 unspecified atom stereocenters. The molecule has 0 amide bonds. The van der Waals surface area contributed by atoms with E-state index in [0.717, 1.165) is 123 Å². The molecule has 0 fully saturated rings. The second kappa shape index (κ2) is 28.6. The third kappa shape index (κ3) is 20.5. The Morgan fingerprint density at radius 3 is 0.647 bits per heavy atom. The maximum atomic E-state index is 7.79. The second-order valence-corrected chi connectivity index (χ2v) is 36.4. The van der Waals surface area contributed by atoms with Gasteiger partial charge in [-0.15, -0.1) is 0 Å². The number of hydrogen-bond donors (Lipinski definition) is 5. The molecule has 68 heavy (non-hydrogen) atoms. The first-order valence-electron chi connectivity index (χ1n) is 24.7. The Balaban J connectivity index is 1.41. The maximum absolute atomic E-state index is 7.79. The van der Waals surface area contributed by atoms with Crippen LogP contribution in [0.4, 0.5) is 28.4 Å². The molecule has 0 aliphatic heterocycles. The lowest BCUT2D eigenvalue weighted by atomic mass is 10.3. The Kier molecular flexibility index (Phi) is 23.1. The van der Waals surface area contributed by atoms with Crippen molar-refractivity contribution < 1.29 is 25.3 Å². The van der Waals surface area contributed by atoms with Gasteiger partial charge in [0.15, 0.2) is 0 Å². The van der Waals surface area contributed by atoms with Gasteiger partial charge in [0.2, 0.25) is 0 Å². The molecule has 0 heterocycles. The number of benzene rings is 5. The fourth-order valence-electron chi connectivity index (χ4n) is 8.58. The van der Waals surface area contributed by atoms with Crippen LogP contribution in [-0.4, -0.2) is 89.7 Å². The zero-order valence-electron chi connectivity index (χ0n) is 42.0. The van der Waals surface area contributed by atoms with Crippen LogP contribution in [0.5, 0.6) is 0 Å². The zero-order chi connectivity index (χ0) is 48.4. The van der Waals surface area contributed by atoms with Crippen LogP contribution in [0.1, 0.15) is 32.1 Å². The van der Waals surface area contributed by atoms with E-state index in [-0.39, 0.29) is 0 Å². The molecule has 11 nitrogen and oxygen atoms in total. The van der Waals surface area contributed by atoms with Crippen LogP contribution >= 0.6 is 0 Å². The number of hydrogen-bond acceptors (Lipinski definition) is 11. The van der Waals surface area contributed by atoms with Crippen LogP contribution in [0.3, 0.4) is 0 Å². The molecule has 16 heteroatoms. The molecule has 0 saturated carbocycles. The molecule has 0 saturated heterocycles. The molecule has 370 valence electrons. The average molecular weight is 1010 g/mol. The number of rotatable bonds is 35. The van der Waals surface area contributed by atoms with Gasteiger partial charge in [-0.1, -0.05) is 91.0 Å². The zero-order valence-corrected chi connectivity index (χ0v) is 47.0. The molecule has 5 aromatic rings. The Morgan fingerprint density at radius 2 is 0.456 bits per heavy atom. The molecule has 5 N–H and O–H groups in total. The van der Waals surface area contributed by atoms with Crippen molar-refractivity contribution in [2.45, 2.75) is 95.1 Å². The van der Waals surface area contributed by atoms with Crippen molar-refractivity contribution in [1.29, 1.82) is 0 Å². The highest BCUT2D eigenvalue weighted by molar-refractivity contribution is 6.90. The molecular weight excluding hydrogens is 931 g/mol. The Morgan fingerprint density at radius 1 is 0.279 bits per heavy atom. The van der Waals surface area contributed by atoms with Crippen LogP contribution in [0.2, 0.25) is 63.0 Å². The van der Waals surface area contributed by atoms with E-state index in [4.69, 9.17) is 25.3 Å². The summed E-state index contributed by atoms with van der Waals surface area (Å²) in [6.45, 7) is 15.2. The van der Waals surface area contributed by atoms with Crippen molar-refractivity contribution in [1.82, 2.24) is 0 Å². The van der Waals surface area contributed by atoms with Crippen molar-refractivity contribution >= 4 is 71.2 Å².